The monoisotopic (exact) mass is 221 g/mol. The fraction of sp³-hybridized carbons (Fsp3) is 0.889. The van der Waals surface area contributed by atoms with Crippen molar-refractivity contribution in [1.29, 1.82) is 0 Å². The van der Waals surface area contributed by atoms with Gasteiger partial charge in [-0.2, -0.15) is 12.6 Å². The molecule has 5 heteroatoms. The molecule has 0 heterocycles. The highest BCUT2D eigenvalue weighted by molar-refractivity contribution is 7.80. The Morgan fingerprint density at radius 1 is 1.50 bits per heavy atom. The molecule has 0 aliphatic rings. The van der Waals surface area contributed by atoms with E-state index in [0.717, 1.165) is 0 Å². The Hall–Kier alpha value is -0.420. The van der Waals surface area contributed by atoms with E-state index < -0.39 is 11.7 Å². The van der Waals surface area contributed by atoms with Crippen molar-refractivity contribution in [2.75, 3.05) is 12.5 Å². The molecular weight excluding hydrogens is 202 g/mol. The maximum atomic E-state index is 11.2. The third kappa shape index (κ3) is 8.19. The molecule has 0 aromatic rings. The second kappa shape index (κ2) is 6.14. The van der Waals surface area contributed by atoms with Crippen molar-refractivity contribution in [3.05, 3.63) is 0 Å². The van der Waals surface area contributed by atoms with Gasteiger partial charge < -0.3 is 14.8 Å². The summed E-state index contributed by atoms with van der Waals surface area (Å²) >= 11 is 3.89. The fourth-order valence-electron chi connectivity index (χ4n) is 0.780. The lowest BCUT2D eigenvalue weighted by Crippen LogP contribution is -2.39. The van der Waals surface area contributed by atoms with Crippen LogP contribution in [0.5, 0.6) is 0 Å². The molecule has 1 amide bonds. The summed E-state index contributed by atoms with van der Waals surface area (Å²) in [4.78, 5) is 11.2. The largest absolute Gasteiger partial charge is 0.444 e. The standard InChI is InChI=1S/C9H19NO3S/c1-7(5-12-6-14)10-8(11)13-9(2,3)4/h7,14H,5-6H2,1-4H3,(H,10,11)/t7-/m0/s1. The van der Waals surface area contributed by atoms with Crippen LogP contribution in [0.4, 0.5) is 4.79 Å². The summed E-state index contributed by atoms with van der Waals surface area (Å²) < 4.78 is 10.1. The minimum atomic E-state index is -0.464. The first-order valence-corrected chi connectivity index (χ1v) is 5.16. The number of hydrogen-bond acceptors (Lipinski definition) is 4. The van der Waals surface area contributed by atoms with Gasteiger partial charge in [-0.15, -0.1) is 0 Å². The van der Waals surface area contributed by atoms with Crippen LogP contribution in [0.25, 0.3) is 0 Å². The third-order valence-electron chi connectivity index (χ3n) is 1.22. The van der Waals surface area contributed by atoms with Crippen LogP contribution in [0, 0.1) is 0 Å². The van der Waals surface area contributed by atoms with Gasteiger partial charge in [0.2, 0.25) is 0 Å². The van der Waals surface area contributed by atoms with Crippen LogP contribution in [0.15, 0.2) is 0 Å². The number of rotatable bonds is 4. The van der Waals surface area contributed by atoms with Gasteiger partial charge in [0.05, 0.1) is 18.6 Å². The van der Waals surface area contributed by atoms with Gasteiger partial charge in [0.15, 0.2) is 0 Å². The van der Waals surface area contributed by atoms with Crippen LogP contribution < -0.4 is 5.32 Å². The molecule has 0 aromatic heterocycles. The lowest BCUT2D eigenvalue weighted by atomic mass is 10.2. The summed E-state index contributed by atoms with van der Waals surface area (Å²) in [6.45, 7) is 7.74. The van der Waals surface area contributed by atoms with Gasteiger partial charge in [0.25, 0.3) is 0 Å². The Bertz CT molecular complexity index is 179. The van der Waals surface area contributed by atoms with E-state index in [4.69, 9.17) is 9.47 Å². The van der Waals surface area contributed by atoms with Crippen LogP contribution in [0.2, 0.25) is 0 Å². The summed E-state index contributed by atoms with van der Waals surface area (Å²) in [6, 6.07) is -0.0722. The second-order valence-corrected chi connectivity index (χ2v) is 4.31. The molecule has 0 unspecified atom stereocenters. The van der Waals surface area contributed by atoms with E-state index in [1.165, 1.54) is 0 Å². The van der Waals surface area contributed by atoms with Crippen LogP contribution in [-0.2, 0) is 9.47 Å². The van der Waals surface area contributed by atoms with Crippen molar-refractivity contribution in [1.82, 2.24) is 5.32 Å². The number of ether oxygens (including phenoxy) is 2. The molecule has 14 heavy (non-hydrogen) atoms. The number of carbonyl (C=O) groups is 1. The summed E-state index contributed by atoms with van der Waals surface area (Å²) in [5, 5.41) is 2.65. The van der Waals surface area contributed by atoms with E-state index in [1.807, 2.05) is 27.7 Å². The van der Waals surface area contributed by atoms with E-state index in [0.29, 0.717) is 12.5 Å². The SMILES string of the molecule is C[C@@H](COCS)NC(=O)OC(C)(C)C. The molecule has 0 rings (SSSR count). The van der Waals surface area contributed by atoms with Gasteiger partial charge in [-0.05, 0) is 27.7 Å². The molecule has 0 bridgehead atoms. The molecule has 1 N–H and O–H groups in total. The van der Waals surface area contributed by atoms with Gasteiger partial charge in [-0.25, -0.2) is 4.79 Å². The Labute approximate surface area is 90.8 Å². The molecule has 0 saturated carbocycles. The van der Waals surface area contributed by atoms with E-state index in [9.17, 15) is 4.79 Å². The first-order chi connectivity index (χ1) is 6.35. The average molecular weight is 221 g/mol. The second-order valence-electron chi connectivity index (χ2n) is 4.05. The molecule has 0 fully saturated rings. The predicted molar refractivity (Wildman–Crippen MR) is 58.6 cm³/mol. The van der Waals surface area contributed by atoms with Crippen LogP contribution in [0.3, 0.4) is 0 Å². The quantitative estimate of drug-likeness (QED) is 0.562. The predicted octanol–water partition coefficient (Wildman–Crippen LogP) is 1.80. The topological polar surface area (TPSA) is 47.6 Å². The van der Waals surface area contributed by atoms with Crippen molar-refractivity contribution in [3.8, 4) is 0 Å². The van der Waals surface area contributed by atoms with Crippen molar-refractivity contribution >= 4 is 18.7 Å². The van der Waals surface area contributed by atoms with Crippen molar-refractivity contribution < 1.29 is 14.3 Å². The maximum absolute atomic E-state index is 11.2. The van der Waals surface area contributed by atoms with Gasteiger partial charge >= 0.3 is 6.09 Å². The van der Waals surface area contributed by atoms with Gasteiger partial charge in [0, 0.05) is 0 Å². The average Bonchev–Trinajstić information content (AvgIpc) is 1.96. The van der Waals surface area contributed by atoms with Crippen LogP contribution >= 0.6 is 12.6 Å². The van der Waals surface area contributed by atoms with Gasteiger partial charge in [-0.3, -0.25) is 0 Å². The minimum Gasteiger partial charge on any atom is -0.444 e. The molecule has 0 radical (unpaired) electrons. The lowest BCUT2D eigenvalue weighted by molar-refractivity contribution is 0.0473. The Morgan fingerprint density at radius 2 is 2.07 bits per heavy atom. The Kier molecular flexibility index (Phi) is 5.95. The Balaban J connectivity index is 3.71. The number of hydrogen-bond donors (Lipinski definition) is 2. The number of amides is 1. The lowest BCUT2D eigenvalue weighted by Gasteiger charge is -2.21. The first kappa shape index (κ1) is 13.6. The molecule has 0 aromatic carbocycles. The first-order valence-electron chi connectivity index (χ1n) is 4.53. The number of carbonyl (C=O) groups excluding carboxylic acids is 1. The minimum absolute atomic E-state index is 0.0722. The summed E-state index contributed by atoms with van der Waals surface area (Å²) in [6.07, 6.45) is -0.423. The smallest absolute Gasteiger partial charge is 0.407 e. The van der Waals surface area contributed by atoms with Crippen molar-refractivity contribution in [2.45, 2.75) is 39.3 Å². The highest BCUT2D eigenvalue weighted by Gasteiger charge is 2.17. The number of nitrogens with one attached hydrogen (secondary N) is 1. The van der Waals surface area contributed by atoms with Gasteiger partial charge in [0.1, 0.15) is 5.60 Å². The van der Waals surface area contributed by atoms with E-state index in [2.05, 4.69) is 17.9 Å². The van der Waals surface area contributed by atoms with Crippen LogP contribution in [-0.4, -0.2) is 30.3 Å². The molecule has 84 valence electrons. The molecule has 0 spiro atoms. The van der Waals surface area contributed by atoms with Crippen LogP contribution in [0.1, 0.15) is 27.7 Å². The molecule has 1 atom stereocenters. The van der Waals surface area contributed by atoms with E-state index >= 15 is 0 Å². The summed E-state index contributed by atoms with van der Waals surface area (Å²) in [5.41, 5.74) is -0.464. The molecular formula is C9H19NO3S. The Morgan fingerprint density at radius 3 is 2.50 bits per heavy atom. The third-order valence-corrected chi connectivity index (χ3v) is 1.40. The van der Waals surface area contributed by atoms with Gasteiger partial charge in [-0.1, -0.05) is 0 Å². The van der Waals surface area contributed by atoms with Crippen molar-refractivity contribution in [3.63, 3.8) is 0 Å². The zero-order chi connectivity index (χ0) is 11.2. The fourth-order valence-corrected chi connectivity index (χ4v) is 0.885. The highest BCUT2D eigenvalue weighted by Crippen LogP contribution is 2.06. The maximum Gasteiger partial charge on any atom is 0.407 e. The zero-order valence-electron chi connectivity index (χ0n) is 9.16. The number of alkyl carbamates (subject to hydrolysis) is 1. The van der Waals surface area contributed by atoms with Crippen molar-refractivity contribution in [2.24, 2.45) is 0 Å². The summed E-state index contributed by atoms with van der Waals surface area (Å²) in [5.74, 6) is 0.348. The normalized spacial score (nSPS) is 13.5. The molecule has 4 nitrogen and oxygen atoms in total. The molecule has 0 aliphatic heterocycles. The van der Waals surface area contributed by atoms with E-state index in [1.54, 1.807) is 0 Å². The molecule has 0 saturated heterocycles. The molecule has 0 aliphatic carbocycles. The van der Waals surface area contributed by atoms with E-state index in [-0.39, 0.29) is 6.04 Å². The highest BCUT2D eigenvalue weighted by atomic mass is 32.1. The zero-order valence-corrected chi connectivity index (χ0v) is 10.1. The number of thiol groups is 1. The summed E-state index contributed by atoms with van der Waals surface area (Å²) in [7, 11) is 0.